The van der Waals surface area contributed by atoms with E-state index in [1.54, 1.807) is 0 Å². The SMILES string of the molecule is O=C(COc1ccccc1)NCCc1ccc(N2CCCC2)cc1. The molecule has 3 rings (SSSR count). The van der Waals surface area contributed by atoms with E-state index in [0.717, 1.165) is 19.5 Å². The Morgan fingerprint density at radius 2 is 1.71 bits per heavy atom. The molecular weight excluding hydrogens is 300 g/mol. The van der Waals surface area contributed by atoms with Crippen molar-refractivity contribution in [3.05, 3.63) is 60.2 Å². The van der Waals surface area contributed by atoms with Crippen LogP contribution in [-0.2, 0) is 11.2 Å². The maximum absolute atomic E-state index is 11.8. The van der Waals surface area contributed by atoms with Crippen molar-refractivity contribution in [1.29, 1.82) is 0 Å². The Balaban J connectivity index is 1.37. The van der Waals surface area contributed by atoms with Gasteiger partial charge in [0, 0.05) is 25.3 Å². The van der Waals surface area contributed by atoms with Gasteiger partial charge in [0.25, 0.3) is 5.91 Å². The fraction of sp³-hybridized carbons (Fsp3) is 0.350. The molecule has 1 fully saturated rings. The number of amides is 1. The second-order valence-corrected chi connectivity index (χ2v) is 6.06. The van der Waals surface area contributed by atoms with Gasteiger partial charge < -0.3 is 15.0 Å². The molecule has 0 radical (unpaired) electrons. The van der Waals surface area contributed by atoms with E-state index in [-0.39, 0.29) is 12.5 Å². The van der Waals surface area contributed by atoms with Crippen LogP contribution in [0.1, 0.15) is 18.4 Å². The highest BCUT2D eigenvalue weighted by atomic mass is 16.5. The van der Waals surface area contributed by atoms with Crippen molar-refractivity contribution >= 4 is 11.6 Å². The van der Waals surface area contributed by atoms with E-state index in [1.165, 1.54) is 24.1 Å². The van der Waals surface area contributed by atoms with Crippen LogP contribution in [0.3, 0.4) is 0 Å². The number of nitrogens with one attached hydrogen (secondary N) is 1. The van der Waals surface area contributed by atoms with Crippen molar-refractivity contribution in [3.8, 4) is 5.75 Å². The van der Waals surface area contributed by atoms with E-state index in [9.17, 15) is 4.79 Å². The van der Waals surface area contributed by atoms with Crippen molar-refractivity contribution in [2.75, 3.05) is 31.1 Å². The summed E-state index contributed by atoms with van der Waals surface area (Å²) in [5, 5.41) is 2.90. The summed E-state index contributed by atoms with van der Waals surface area (Å²) >= 11 is 0. The third kappa shape index (κ3) is 4.75. The number of carbonyl (C=O) groups is 1. The van der Waals surface area contributed by atoms with E-state index in [1.807, 2.05) is 30.3 Å². The minimum absolute atomic E-state index is 0.0535. The van der Waals surface area contributed by atoms with Gasteiger partial charge in [0.2, 0.25) is 0 Å². The molecule has 1 aliphatic rings. The van der Waals surface area contributed by atoms with Crippen LogP contribution in [0.5, 0.6) is 5.75 Å². The van der Waals surface area contributed by atoms with Crippen LogP contribution < -0.4 is 15.0 Å². The molecular formula is C20H24N2O2. The molecule has 1 heterocycles. The van der Waals surface area contributed by atoms with Gasteiger partial charge in [-0.1, -0.05) is 30.3 Å². The molecule has 1 aliphatic heterocycles. The summed E-state index contributed by atoms with van der Waals surface area (Å²) in [6.45, 7) is 3.01. The lowest BCUT2D eigenvalue weighted by Crippen LogP contribution is -2.30. The maximum Gasteiger partial charge on any atom is 0.257 e. The van der Waals surface area contributed by atoms with E-state index >= 15 is 0 Å². The van der Waals surface area contributed by atoms with Crippen molar-refractivity contribution in [2.24, 2.45) is 0 Å². The third-order valence-electron chi connectivity index (χ3n) is 4.26. The Labute approximate surface area is 143 Å². The summed E-state index contributed by atoms with van der Waals surface area (Å²) in [4.78, 5) is 14.2. The molecule has 0 aromatic heterocycles. The summed E-state index contributed by atoms with van der Waals surface area (Å²) in [6.07, 6.45) is 3.41. The quantitative estimate of drug-likeness (QED) is 0.851. The zero-order valence-electron chi connectivity index (χ0n) is 13.9. The van der Waals surface area contributed by atoms with Crippen LogP contribution in [0.4, 0.5) is 5.69 Å². The Morgan fingerprint density at radius 3 is 2.42 bits per heavy atom. The first-order valence-corrected chi connectivity index (χ1v) is 8.60. The number of anilines is 1. The monoisotopic (exact) mass is 324 g/mol. The van der Waals surface area contributed by atoms with Gasteiger partial charge in [-0.2, -0.15) is 0 Å². The zero-order valence-corrected chi connectivity index (χ0v) is 13.9. The van der Waals surface area contributed by atoms with Gasteiger partial charge >= 0.3 is 0 Å². The smallest absolute Gasteiger partial charge is 0.257 e. The Morgan fingerprint density at radius 1 is 1.00 bits per heavy atom. The average Bonchev–Trinajstić information content (AvgIpc) is 3.16. The topological polar surface area (TPSA) is 41.6 Å². The van der Waals surface area contributed by atoms with Gasteiger partial charge in [-0.15, -0.1) is 0 Å². The molecule has 0 bridgehead atoms. The molecule has 1 amide bonds. The van der Waals surface area contributed by atoms with Crippen LogP contribution in [0.15, 0.2) is 54.6 Å². The standard InChI is InChI=1S/C20H24N2O2/c23-20(16-24-19-6-2-1-3-7-19)21-13-12-17-8-10-18(11-9-17)22-14-4-5-15-22/h1-3,6-11H,4-5,12-16H2,(H,21,23). The summed E-state index contributed by atoms with van der Waals surface area (Å²) in [5.41, 5.74) is 2.54. The molecule has 1 saturated heterocycles. The fourth-order valence-corrected chi connectivity index (χ4v) is 2.91. The normalized spacial score (nSPS) is 13.8. The van der Waals surface area contributed by atoms with Crippen LogP contribution in [0, 0.1) is 0 Å². The number of ether oxygens (including phenoxy) is 1. The molecule has 2 aromatic carbocycles. The third-order valence-corrected chi connectivity index (χ3v) is 4.26. The van der Waals surface area contributed by atoms with Crippen LogP contribution >= 0.6 is 0 Å². The van der Waals surface area contributed by atoms with Gasteiger partial charge in [-0.25, -0.2) is 0 Å². The van der Waals surface area contributed by atoms with Gasteiger partial charge in [-0.05, 0) is 49.1 Å². The highest BCUT2D eigenvalue weighted by Crippen LogP contribution is 2.20. The zero-order chi connectivity index (χ0) is 16.6. The summed E-state index contributed by atoms with van der Waals surface area (Å²) < 4.78 is 5.43. The van der Waals surface area contributed by atoms with E-state index in [4.69, 9.17) is 4.74 Å². The fourth-order valence-electron chi connectivity index (χ4n) is 2.91. The molecule has 2 aromatic rings. The van der Waals surface area contributed by atoms with Gasteiger partial charge in [0.1, 0.15) is 5.75 Å². The lowest BCUT2D eigenvalue weighted by molar-refractivity contribution is -0.123. The minimum atomic E-state index is -0.0902. The second-order valence-electron chi connectivity index (χ2n) is 6.06. The Kier molecular flexibility index (Phi) is 5.72. The molecule has 1 N–H and O–H groups in total. The average molecular weight is 324 g/mol. The van der Waals surface area contributed by atoms with Crippen LogP contribution in [-0.4, -0.2) is 32.1 Å². The molecule has 0 saturated carbocycles. The van der Waals surface area contributed by atoms with Crippen molar-refractivity contribution in [3.63, 3.8) is 0 Å². The lowest BCUT2D eigenvalue weighted by Gasteiger charge is -2.17. The Hall–Kier alpha value is -2.49. The first kappa shape index (κ1) is 16.4. The van der Waals surface area contributed by atoms with Crippen molar-refractivity contribution in [2.45, 2.75) is 19.3 Å². The van der Waals surface area contributed by atoms with E-state index < -0.39 is 0 Å². The highest BCUT2D eigenvalue weighted by Gasteiger charge is 2.11. The molecule has 126 valence electrons. The highest BCUT2D eigenvalue weighted by molar-refractivity contribution is 5.77. The summed E-state index contributed by atoms with van der Waals surface area (Å²) in [6, 6.07) is 18.0. The molecule has 24 heavy (non-hydrogen) atoms. The molecule has 0 atom stereocenters. The summed E-state index contributed by atoms with van der Waals surface area (Å²) in [5.74, 6) is 0.623. The first-order valence-electron chi connectivity index (χ1n) is 8.60. The molecule has 4 nitrogen and oxygen atoms in total. The number of hydrogen-bond acceptors (Lipinski definition) is 3. The predicted molar refractivity (Wildman–Crippen MR) is 96.5 cm³/mol. The van der Waals surface area contributed by atoms with Crippen molar-refractivity contribution in [1.82, 2.24) is 5.32 Å². The maximum atomic E-state index is 11.8. The summed E-state index contributed by atoms with van der Waals surface area (Å²) in [7, 11) is 0. The lowest BCUT2D eigenvalue weighted by atomic mass is 10.1. The number of para-hydroxylation sites is 1. The number of carbonyl (C=O) groups excluding carboxylic acids is 1. The molecule has 0 aliphatic carbocycles. The number of hydrogen-bond donors (Lipinski definition) is 1. The Bertz CT molecular complexity index is 634. The van der Waals surface area contributed by atoms with Crippen LogP contribution in [0.25, 0.3) is 0 Å². The van der Waals surface area contributed by atoms with E-state index in [2.05, 4.69) is 34.5 Å². The molecule has 4 heteroatoms. The van der Waals surface area contributed by atoms with Gasteiger partial charge in [0.15, 0.2) is 6.61 Å². The number of rotatable bonds is 7. The number of nitrogens with zero attached hydrogens (tertiary/aromatic N) is 1. The second kappa shape index (κ2) is 8.39. The van der Waals surface area contributed by atoms with E-state index in [0.29, 0.717) is 12.3 Å². The molecule has 0 spiro atoms. The predicted octanol–water partition coefficient (Wildman–Crippen LogP) is 3.02. The largest absolute Gasteiger partial charge is 0.484 e. The number of benzene rings is 2. The van der Waals surface area contributed by atoms with Crippen LogP contribution in [0.2, 0.25) is 0 Å². The van der Waals surface area contributed by atoms with Gasteiger partial charge in [-0.3, -0.25) is 4.79 Å². The van der Waals surface area contributed by atoms with Crippen molar-refractivity contribution < 1.29 is 9.53 Å². The molecule has 0 unspecified atom stereocenters. The minimum Gasteiger partial charge on any atom is -0.484 e. The first-order chi connectivity index (χ1) is 11.8. The van der Waals surface area contributed by atoms with Gasteiger partial charge in [0.05, 0.1) is 0 Å².